The molecular formula is C17H24N2O4. The fraction of sp³-hybridized carbons (Fsp3) is 0.529. The smallest absolute Gasteiger partial charge is 0.409 e. The van der Waals surface area contributed by atoms with Gasteiger partial charge in [0, 0.05) is 26.2 Å². The minimum atomic E-state index is -0.308. The van der Waals surface area contributed by atoms with E-state index in [4.69, 9.17) is 9.47 Å². The zero-order chi connectivity index (χ0) is 16.7. The highest BCUT2D eigenvalue weighted by Crippen LogP contribution is 2.12. The Morgan fingerprint density at radius 1 is 1.04 bits per heavy atom. The van der Waals surface area contributed by atoms with Crippen LogP contribution in [-0.2, 0) is 9.53 Å². The lowest BCUT2D eigenvalue weighted by Gasteiger charge is -2.21. The number of carbonyl (C=O) groups excluding carboxylic acids is 2. The summed E-state index contributed by atoms with van der Waals surface area (Å²) in [5.74, 6) is 0.628. The number of hydrogen-bond acceptors (Lipinski definition) is 4. The first-order chi connectivity index (χ1) is 11.1. The van der Waals surface area contributed by atoms with Gasteiger partial charge in [-0.3, -0.25) is 4.79 Å². The minimum absolute atomic E-state index is 0.0163. The van der Waals surface area contributed by atoms with Gasteiger partial charge in [-0.25, -0.2) is 4.79 Å². The van der Waals surface area contributed by atoms with E-state index in [2.05, 4.69) is 0 Å². The van der Waals surface area contributed by atoms with Gasteiger partial charge >= 0.3 is 6.09 Å². The Kier molecular flexibility index (Phi) is 6.26. The third-order valence-electron chi connectivity index (χ3n) is 3.76. The molecule has 2 amide bonds. The monoisotopic (exact) mass is 320 g/mol. The third-order valence-corrected chi connectivity index (χ3v) is 3.76. The molecular weight excluding hydrogens is 296 g/mol. The quantitative estimate of drug-likeness (QED) is 0.852. The van der Waals surface area contributed by atoms with E-state index in [0.29, 0.717) is 38.5 Å². The lowest BCUT2D eigenvalue weighted by Crippen LogP contribution is -2.39. The van der Waals surface area contributed by atoms with Crippen molar-refractivity contribution in [3.63, 3.8) is 0 Å². The molecule has 1 heterocycles. The van der Waals surface area contributed by atoms with Gasteiger partial charge in [0.2, 0.25) is 0 Å². The Labute approximate surface area is 137 Å². The average Bonchev–Trinajstić information content (AvgIpc) is 2.80. The van der Waals surface area contributed by atoms with Crippen LogP contribution in [0.25, 0.3) is 0 Å². The molecule has 0 aromatic heterocycles. The number of benzene rings is 1. The Balaban J connectivity index is 1.81. The lowest BCUT2D eigenvalue weighted by atomic mass is 10.2. The Bertz CT molecular complexity index is 530. The number of ether oxygens (including phenoxy) is 2. The number of nitrogens with zero attached hydrogens (tertiary/aromatic N) is 2. The predicted molar refractivity (Wildman–Crippen MR) is 86.5 cm³/mol. The maximum Gasteiger partial charge on any atom is 0.409 e. The summed E-state index contributed by atoms with van der Waals surface area (Å²) in [5.41, 5.74) is 1.15. The van der Waals surface area contributed by atoms with Crippen molar-refractivity contribution in [3.05, 3.63) is 29.8 Å². The molecule has 0 spiro atoms. The molecule has 0 bridgehead atoms. The highest BCUT2D eigenvalue weighted by Gasteiger charge is 2.22. The van der Waals surface area contributed by atoms with E-state index in [-0.39, 0.29) is 18.6 Å². The summed E-state index contributed by atoms with van der Waals surface area (Å²) in [7, 11) is 0. The number of amides is 2. The highest BCUT2D eigenvalue weighted by atomic mass is 16.6. The van der Waals surface area contributed by atoms with E-state index in [9.17, 15) is 9.59 Å². The fourth-order valence-electron chi connectivity index (χ4n) is 2.44. The molecule has 2 rings (SSSR count). The standard InChI is InChI=1S/C17H24N2O4/c1-3-22-17(21)19-10-4-9-18(11-12-19)16(20)13-23-15-7-5-14(2)6-8-15/h5-8H,3-4,9-13H2,1-2H3. The highest BCUT2D eigenvalue weighted by molar-refractivity contribution is 5.78. The summed E-state index contributed by atoms with van der Waals surface area (Å²) in [6.07, 6.45) is 0.437. The molecule has 1 fully saturated rings. The molecule has 126 valence electrons. The maximum atomic E-state index is 12.3. The lowest BCUT2D eigenvalue weighted by molar-refractivity contribution is -0.133. The molecule has 0 aliphatic carbocycles. The molecule has 0 radical (unpaired) electrons. The first-order valence-electron chi connectivity index (χ1n) is 7.99. The largest absolute Gasteiger partial charge is 0.484 e. The summed E-state index contributed by atoms with van der Waals surface area (Å²) in [6, 6.07) is 7.60. The molecule has 1 aromatic carbocycles. The zero-order valence-electron chi connectivity index (χ0n) is 13.8. The molecule has 0 N–H and O–H groups in total. The van der Waals surface area contributed by atoms with Gasteiger partial charge in [0.1, 0.15) is 5.75 Å². The van der Waals surface area contributed by atoms with Gasteiger partial charge in [0.05, 0.1) is 6.61 Å². The second-order valence-corrected chi connectivity index (χ2v) is 5.52. The fourth-order valence-corrected chi connectivity index (χ4v) is 2.44. The minimum Gasteiger partial charge on any atom is -0.484 e. The Hall–Kier alpha value is -2.24. The summed E-state index contributed by atoms with van der Waals surface area (Å²) < 4.78 is 10.5. The third kappa shape index (κ3) is 5.16. The van der Waals surface area contributed by atoms with Gasteiger partial charge in [-0.05, 0) is 32.4 Å². The summed E-state index contributed by atoms with van der Waals surface area (Å²) in [5, 5.41) is 0. The van der Waals surface area contributed by atoms with E-state index < -0.39 is 0 Å². The van der Waals surface area contributed by atoms with Crippen molar-refractivity contribution in [2.24, 2.45) is 0 Å². The summed E-state index contributed by atoms with van der Waals surface area (Å²) >= 11 is 0. The molecule has 0 atom stereocenters. The average molecular weight is 320 g/mol. The van der Waals surface area contributed by atoms with Crippen molar-refractivity contribution in [2.75, 3.05) is 39.4 Å². The normalized spacial score (nSPS) is 15.0. The van der Waals surface area contributed by atoms with Crippen LogP contribution in [0, 0.1) is 6.92 Å². The molecule has 6 nitrogen and oxygen atoms in total. The number of carbonyl (C=O) groups is 2. The molecule has 1 aromatic rings. The molecule has 1 saturated heterocycles. The van der Waals surface area contributed by atoms with Crippen LogP contribution >= 0.6 is 0 Å². The van der Waals surface area contributed by atoms with Crippen molar-refractivity contribution < 1.29 is 19.1 Å². The topological polar surface area (TPSA) is 59.1 Å². The van der Waals surface area contributed by atoms with E-state index in [1.54, 1.807) is 16.7 Å². The maximum absolute atomic E-state index is 12.3. The van der Waals surface area contributed by atoms with Crippen LogP contribution in [-0.4, -0.2) is 61.2 Å². The van der Waals surface area contributed by atoms with Crippen LogP contribution in [0.3, 0.4) is 0 Å². The van der Waals surface area contributed by atoms with Crippen molar-refractivity contribution >= 4 is 12.0 Å². The van der Waals surface area contributed by atoms with Crippen molar-refractivity contribution in [2.45, 2.75) is 20.3 Å². The molecule has 0 saturated carbocycles. The van der Waals surface area contributed by atoms with Gasteiger partial charge in [0.25, 0.3) is 5.91 Å². The van der Waals surface area contributed by atoms with Gasteiger partial charge in [-0.15, -0.1) is 0 Å². The molecule has 23 heavy (non-hydrogen) atoms. The molecule has 1 aliphatic heterocycles. The number of aryl methyl sites for hydroxylation is 1. The van der Waals surface area contributed by atoms with Crippen molar-refractivity contribution in [1.82, 2.24) is 9.80 Å². The van der Waals surface area contributed by atoms with Gasteiger partial charge in [-0.1, -0.05) is 17.7 Å². The SMILES string of the molecule is CCOC(=O)N1CCCN(C(=O)COc2ccc(C)cc2)CC1. The second kappa shape index (κ2) is 8.41. The zero-order valence-corrected chi connectivity index (χ0v) is 13.8. The van der Waals surface area contributed by atoms with Crippen LogP contribution in [0.1, 0.15) is 18.9 Å². The van der Waals surface area contributed by atoms with E-state index in [1.807, 2.05) is 31.2 Å². The van der Waals surface area contributed by atoms with Gasteiger partial charge in [-0.2, -0.15) is 0 Å². The van der Waals surface area contributed by atoms with Crippen molar-refractivity contribution in [1.29, 1.82) is 0 Å². The Morgan fingerprint density at radius 2 is 1.70 bits per heavy atom. The number of hydrogen-bond donors (Lipinski definition) is 0. The second-order valence-electron chi connectivity index (χ2n) is 5.52. The van der Waals surface area contributed by atoms with Crippen LogP contribution in [0.15, 0.2) is 24.3 Å². The van der Waals surface area contributed by atoms with Crippen molar-refractivity contribution in [3.8, 4) is 5.75 Å². The molecule has 1 aliphatic rings. The van der Waals surface area contributed by atoms with E-state index in [1.165, 1.54) is 0 Å². The summed E-state index contributed by atoms with van der Waals surface area (Å²) in [6.45, 7) is 6.41. The Morgan fingerprint density at radius 3 is 2.39 bits per heavy atom. The number of rotatable bonds is 4. The molecule has 6 heteroatoms. The summed E-state index contributed by atoms with van der Waals surface area (Å²) in [4.78, 5) is 27.4. The van der Waals surface area contributed by atoms with Gasteiger partial charge in [0.15, 0.2) is 6.61 Å². The first-order valence-corrected chi connectivity index (χ1v) is 7.99. The first kappa shape index (κ1) is 17.1. The van der Waals surface area contributed by atoms with E-state index in [0.717, 1.165) is 12.0 Å². The van der Waals surface area contributed by atoms with Crippen LogP contribution < -0.4 is 4.74 Å². The van der Waals surface area contributed by atoms with Crippen LogP contribution in [0.2, 0.25) is 0 Å². The van der Waals surface area contributed by atoms with E-state index >= 15 is 0 Å². The van der Waals surface area contributed by atoms with Crippen LogP contribution in [0.5, 0.6) is 5.75 Å². The van der Waals surface area contributed by atoms with Crippen LogP contribution in [0.4, 0.5) is 4.79 Å². The predicted octanol–water partition coefficient (Wildman–Crippen LogP) is 2.06. The molecule has 0 unspecified atom stereocenters. The van der Waals surface area contributed by atoms with Gasteiger partial charge < -0.3 is 19.3 Å².